The Morgan fingerprint density at radius 1 is 1.24 bits per heavy atom. The van der Waals surface area contributed by atoms with Crippen molar-refractivity contribution >= 4 is 17.5 Å². The molecule has 3 rings (SSSR count). The number of furan rings is 1. The number of hydrogen-bond donors (Lipinski definition) is 1. The summed E-state index contributed by atoms with van der Waals surface area (Å²) < 4.78 is 5.49. The predicted molar refractivity (Wildman–Crippen MR) is 96.6 cm³/mol. The van der Waals surface area contributed by atoms with Gasteiger partial charge in [-0.05, 0) is 30.7 Å². The molecule has 1 aromatic heterocycles. The summed E-state index contributed by atoms with van der Waals surface area (Å²) >= 11 is 0. The molecule has 0 fully saturated rings. The Kier molecular flexibility index (Phi) is 4.66. The molecule has 2 amide bonds. The maximum absolute atomic E-state index is 12.5. The average molecular weight is 340 g/mol. The van der Waals surface area contributed by atoms with Gasteiger partial charge in [-0.25, -0.2) is 0 Å². The van der Waals surface area contributed by atoms with Crippen LogP contribution in [0.15, 0.2) is 40.8 Å². The highest BCUT2D eigenvalue weighted by Gasteiger charge is 2.36. The summed E-state index contributed by atoms with van der Waals surface area (Å²) in [5.41, 5.74) is 1.73. The molecule has 0 aliphatic carbocycles. The number of nitrogens with one attached hydrogen (secondary N) is 1. The highest BCUT2D eigenvalue weighted by Crippen LogP contribution is 2.39. The molecule has 1 aliphatic rings. The summed E-state index contributed by atoms with van der Waals surface area (Å²) in [5, 5.41) is 2.87. The summed E-state index contributed by atoms with van der Waals surface area (Å²) in [6.45, 7) is 6.55. The fourth-order valence-corrected chi connectivity index (χ4v) is 3.30. The van der Waals surface area contributed by atoms with Crippen LogP contribution in [0.4, 0.5) is 5.69 Å². The van der Waals surface area contributed by atoms with E-state index in [1.165, 1.54) is 0 Å². The first-order valence-corrected chi connectivity index (χ1v) is 8.59. The van der Waals surface area contributed by atoms with Gasteiger partial charge >= 0.3 is 0 Å². The lowest BCUT2D eigenvalue weighted by molar-refractivity contribution is -0.124. The number of nitrogens with zero attached hydrogens (tertiary/aromatic N) is 1. The van der Waals surface area contributed by atoms with Gasteiger partial charge in [0.15, 0.2) is 0 Å². The Morgan fingerprint density at radius 2 is 2.00 bits per heavy atom. The van der Waals surface area contributed by atoms with Crippen LogP contribution in [0.3, 0.4) is 0 Å². The normalized spacial score (nSPS) is 15.8. The number of aryl methyl sites for hydroxylation is 1. The van der Waals surface area contributed by atoms with Gasteiger partial charge in [0.2, 0.25) is 11.8 Å². The first-order valence-electron chi connectivity index (χ1n) is 8.59. The van der Waals surface area contributed by atoms with E-state index in [-0.39, 0.29) is 23.8 Å². The molecule has 25 heavy (non-hydrogen) atoms. The molecule has 0 unspecified atom stereocenters. The number of carbonyl (C=O) groups is 2. The average Bonchev–Trinajstić information content (AvgIpc) is 2.96. The Bertz CT molecular complexity index is 792. The Morgan fingerprint density at radius 3 is 2.72 bits per heavy atom. The molecule has 5 heteroatoms. The molecule has 1 aliphatic heterocycles. The molecule has 132 valence electrons. The minimum Gasteiger partial charge on any atom is -0.466 e. The minimum absolute atomic E-state index is 0.0134. The van der Waals surface area contributed by atoms with Crippen molar-refractivity contribution in [2.45, 2.75) is 39.0 Å². The van der Waals surface area contributed by atoms with E-state index in [4.69, 9.17) is 4.42 Å². The van der Waals surface area contributed by atoms with Crippen LogP contribution >= 0.6 is 0 Å². The second-order valence-electron chi connectivity index (χ2n) is 7.17. The maximum atomic E-state index is 12.5. The van der Waals surface area contributed by atoms with E-state index in [0.29, 0.717) is 19.4 Å². The van der Waals surface area contributed by atoms with E-state index < -0.39 is 0 Å². The largest absolute Gasteiger partial charge is 0.466 e. The number of hydrogen-bond acceptors (Lipinski definition) is 3. The summed E-state index contributed by atoms with van der Waals surface area (Å²) in [4.78, 5) is 26.4. The zero-order valence-electron chi connectivity index (χ0n) is 15.0. The summed E-state index contributed by atoms with van der Waals surface area (Å²) in [6.07, 6.45) is 1.04. The molecule has 0 bridgehead atoms. The third kappa shape index (κ3) is 3.76. The van der Waals surface area contributed by atoms with Gasteiger partial charge in [0, 0.05) is 30.5 Å². The van der Waals surface area contributed by atoms with Crippen LogP contribution in [0, 0.1) is 6.92 Å². The van der Waals surface area contributed by atoms with Crippen molar-refractivity contribution in [2.24, 2.45) is 0 Å². The summed E-state index contributed by atoms with van der Waals surface area (Å²) in [7, 11) is 0. The lowest BCUT2D eigenvalue weighted by Gasteiger charge is -2.38. The van der Waals surface area contributed by atoms with Gasteiger partial charge in [-0.2, -0.15) is 0 Å². The van der Waals surface area contributed by atoms with Crippen LogP contribution in [0.1, 0.15) is 37.4 Å². The van der Waals surface area contributed by atoms with Crippen molar-refractivity contribution in [1.82, 2.24) is 5.32 Å². The number of benzene rings is 1. The fraction of sp³-hybridized carbons (Fsp3) is 0.400. The highest BCUT2D eigenvalue weighted by atomic mass is 16.3. The minimum atomic E-state index is -0.211. The van der Waals surface area contributed by atoms with E-state index in [1.807, 2.05) is 43.3 Å². The summed E-state index contributed by atoms with van der Waals surface area (Å²) in [6, 6.07) is 11.6. The number of carbonyl (C=O) groups excluding carboxylic acids is 2. The number of para-hydroxylation sites is 1. The zero-order chi connectivity index (χ0) is 18.0. The molecular weight excluding hydrogens is 316 g/mol. The van der Waals surface area contributed by atoms with Crippen molar-refractivity contribution in [3.05, 3.63) is 53.5 Å². The quantitative estimate of drug-likeness (QED) is 0.910. The van der Waals surface area contributed by atoms with Gasteiger partial charge in [0.1, 0.15) is 18.1 Å². The second kappa shape index (κ2) is 6.75. The van der Waals surface area contributed by atoms with E-state index in [0.717, 1.165) is 22.8 Å². The van der Waals surface area contributed by atoms with Crippen LogP contribution in [0.2, 0.25) is 0 Å². The molecule has 2 aromatic rings. The highest BCUT2D eigenvalue weighted by molar-refractivity contribution is 6.02. The topological polar surface area (TPSA) is 62.6 Å². The maximum Gasteiger partial charge on any atom is 0.240 e. The molecule has 0 saturated heterocycles. The van der Waals surface area contributed by atoms with Gasteiger partial charge in [0.25, 0.3) is 0 Å². The van der Waals surface area contributed by atoms with Gasteiger partial charge in [0.05, 0.1) is 0 Å². The van der Waals surface area contributed by atoms with Crippen LogP contribution in [-0.2, 0) is 21.4 Å². The van der Waals surface area contributed by atoms with Gasteiger partial charge in [-0.1, -0.05) is 32.0 Å². The van der Waals surface area contributed by atoms with Crippen LogP contribution in [0.5, 0.6) is 0 Å². The van der Waals surface area contributed by atoms with Crippen molar-refractivity contribution in [3.63, 3.8) is 0 Å². The molecule has 5 nitrogen and oxygen atoms in total. The van der Waals surface area contributed by atoms with E-state index >= 15 is 0 Å². The third-order valence-electron chi connectivity index (χ3n) is 4.61. The Balaban J connectivity index is 1.63. The standard InChI is InChI=1S/C20H24N2O3/c1-14-8-9-15(25-14)10-11-21-18(23)13-22-17-7-5-4-6-16(17)20(2,3)12-19(22)24/h4-9H,10-13H2,1-3H3,(H,21,23). The molecule has 0 saturated carbocycles. The Labute approximate surface area is 148 Å². The first-order chi connectivity index (χ1) is 11.9. The first kappa shape index (κ1) is 17.3. The molecule has 0 spiro atoms. The molecule has 0 radical (unpaired) electrons. The smallest absolute Gasteiger partial charge is 0.240 e. The number of rotatable bonds is 5. The Hall–Kier alpha value is -2.56. The number of anilines is 1. The molecule has 2 heterocycles. The number of fused-ring (bicyclic) bond motifs is 1. The van der Waals surface area contributed by atoms with E-state index in [9.17, 15) is 9.59 Å². The lowest BCUT2D eigenvalue weighted by Crippen LogP contribution is -2.47. The monoisotopic (exact) mass is 340 g/mol. The van der Waals surface area contributed by atoms with Gasteiger partial charge in [-0.15, -0.1) is 0 Å². The van der Waals surface area contributed by atoms with Crippen molar-refractivity contribution < 1.29 is 14.0 Å². The van der Waals surface area contributed by atoms with E-state index in [1.54, 1.807) is 4.90 Å². The SMILES string of the molecule is Cc1ccc(CCNC(=O)CN2C(=O)CC(C)(C)c3ccccc32)o1. The molecule has 0 atom stereocenters. The third-order valence-corrected chi connectivity index (χ3v) is 4.61. The molecular formula is C20H24N2O3. The van der Waals surface area contributed by atoms with Gasteiger partial charge in [-0.3, -0.25) is 9.59 Å². The summed E-state index contributed by atoms with van der Waals surface area (Å²) in [5.74, 6) is 1.53. The number of amides is 2. The van der Waals surface area contributed by atoms with Crippen LogP contribution in [-0.4, -0.2) is 24.9 Å². The lowest BCUT2D eigenvalue weighted by atomic mass is 9.77. The van der Waals surface area contributed by atoms with Crippen molar-refractivity contribution in [1.29, 1.82) is 0 Å². The fourth-order valence-electron chi connectivity index (χ4n) is 3.30. The van der Waals surface area contributed by atoms with Gasteiger partial charge < -0.3 is 14.6 Å². The zero-order valence-corrected chi connectivity index (χ0v) is 15.0. The van der Waals surface area contributed by atoms with E-state index in [2.05, 4.69) is 19.2 Å². The second-order valence-corrected chi connectivity index (χ2v) is 7.17. The van der Waals surface area contributed by atoms with Crippen molar-refractivity contribution in [2.75, 3.05) is 18.0 Å². The molecule has 1 N–H and O–H groups in total. The van der Waals surface area contributed by atoms with Crippen molar-refractivity contribution in [3.8, 4) is 0 Å². The predicted octanol–water partition coefficient (Wildman–Crippen LogP) is 2.96. The van der Waals surface area contributed by atoms with Crippen LogP contribution in [0.25, 0.3) is 0 Å². The molecule has 1 aromatic carbocycles. The van der Waals surface area contributed by atoms with Crippen LogP contribution < -0.4 is 10.2 Å².